The van der Waals surface area contributed by atoms with Crippen LogP contribution in [-0.4, -0.2) is 24.1 Å². The van der Waals surface area contributed by atoms with Crippen molar-refractivity contribution >= 4 is 11.4 Å². The molecule has 2 N–H and O–H groups in total. The number of halogens is 1. The van der Waals surface area contributed by atoms with Crippen molar-refractivity contribution in [3.05, 3.63) is 33.6 Å². The lowest BCUT2D eigenvalue weighted by atomic mass is 10.0. The number of rotatable bonds is 2. The molecule has 0 radical (unpaired) electrons. The van der Waals surface area contributed by atoms with Gasteiger partial charge in [-0.15, -0.1) is 0 Å². The standard InChI is InChI=1S/C12H16FN3O2/c1-8-5-11(12(16(17)18)6-10(8)13)15-4-2-3-9(14)7-15/h5-6,9H,2-4,7,14H2,1H3. The Bertz CT molecular complexity index is 479. The third-order valence-electron chi connectivity index (χ3n) is 3.25. The van der Waals surface area contributed by atoms with Crippen molar-refractivity contribution in [1.82, 2.24) is 0 Å². The highest BCUT2D eigenvalue weighted by atomic mass is 19.1. The molecule has 6 heteroatoms. The Morgan fingerprint density at radius 1 is 1.56 bits per heavy atom. The molecule has 2 rings (SSSR count). The predicted octanol–water partition coefficient (Wildman–Crippen LogP) is 1.97. The van der Waals surface area contributed by atoms with Crippen LogP contribution in [-0.2, 0) is 0 Å². The zero-order valence-electron chi connectivity index (χ0n) is 10.2. The average molecular weight is 253 g/mol. The van der Waals surface area contributed by atoms with E-state index in [1.165, 1.54) is 6.07 Å². The fourth-order valence-electron chi connectivity index (χ4n) is 2.28. The topological polar surface area (TPSA) is 72.4 Å². The lowest BCUT2D eigenvalue weighted by Gasteiger charge is -2.32. The third-order valence-corrected chi connectivity index (χ3v) is 3.25. The first-order chi connectivity index (χ1) is 8.49. The molecule has 1 heterocycles. The van der Waals surface area contributed by atoms with Gasteiger partial charge in [-0.2, -0.15) is 0 Å². The number of nitrogens with two attached hydrogens (primary N) is 1. The first kappa shape index (κ1) is 12.8. The van der Waals surface area contributed by atoms with E-state index in [0.717, 1.165) is 25.5 Å². The molecule has 5 nitrogen and oxygen atoms in total. The van der Waals surface area contributed by atoms with Crippen LogP contribution in [0.3, 0.4) is 0 Å². The monoisotopic (exact) mass is 253 g/mol. The van der Waals surface area contributed by atoms with Gasteiger partial charge >= 0.3 is 0 Å². The zero-order valence-corrected chi connectivity index (χ0v) is 10.2. The smallest absolute Gasteiger partial charge is 0.295 e. The second-order valence-electron chi connectivity index (χ2n) is 4.70. The third kappa shape index (κ3) is 2.43. The normalized spacial score (nSPS) is 19.9. The number of piperidine rings is 1. The van der Waals surface area contributed by atoms with Gasteiger partial charge in [0.15, 0.2) is 0 Å². The molecule has 1 aliphatic heterocycles. The summed E-state index contributed by atoms with van der Waals surface area (Å²) >= 11 is 0. The van der Waals surface area contributed by atoms with Gasteiger partial charge in [0.25, 0.3) is 5.69 Å². The van der Waals surface area contributed by atoms with E-state index in [1.807, 2.05) is 4.90 Å². The molecule has 1 fully saturated rings. The summed E-state index contributed by atoms with van der Waals surface area (Å²) in [7, 11) is 0. The molecule has 18 heavy (non-hydrogen) atoms. The molecule has 1 unspecified atom stereocenters. The summed E-state index contributed by atoms with van der Waals surface area (Å²) in [6, 6.07) is 2.54. The van der Waals surface area contributed by atoms with Crippen LogP contribution in [0.15, 0.2) is 12.1 Å². The summed E-state index contributed by atoms with van der Waals surface area (Å²) in [5.41, 5.74) is 6.56. The minimum absolute atomic E-state index is 0.0173. The SMILES string of the molecule is Cc1cc(N2CCCC(N)C2)c([N+](=O)[O-])cc1F. The number of nitro benzene ring substituents is 1. The first-order valence-electron chi connectivity index (χ1n) is 5.94. The number of anilines is 1. The Balaban J connectivity index is 2.41. The van der Waals surface area contributed by atoms with Crippen LogP contribution >= 0.6 is 0 Å². The minimum atomic E-state index is -0.549. The zero-order chi connectivity index (χ0) is 13.3. The number of benzene rings is 1. The quantitative estimate of drug-likeness (QED) is 0.646. The van der Waals surface area contributed by atoms with Crippen molar-refractivity contribution in [2.24, 2.45) is 5.73 Å². The Hall–Kier alpha value is -1.69. The van der Waals surface area contributed by atoms with Gasteiger partial charge in [0.1, 0.15) is 11.5 Å². The summed E-state index contributed by atoms with van der Waals surface area (Å²) < 4.78 is 13.4. The van der Waals surface area contributed by atoms with Crippen LogP contribution in [0.1, 0.15) is 18.4 Å². The lowest BCUT2D eigenvalue weighted by molar-refractivity contribution is -0.384. The highest BCUT2D eigenvalue weighted by Crippen LogP contribution is 2.32. The Labute approximate surface area is 105 Å². The Morgan fingerprint density at radius 2 is 2.28 bits per heavy atom. The molecule has 0 saturated carbocycles. The molecule has 1 aromatic carbocycles. The summed E-state index contributed by atoms with van der Waals surface area (Å²) in [6.45, 7) is 2.90. The van der Waals surface area contributed by atoms with E-state index in [2.05, 4.69) is 0 Å². The molecule has 1 aromatic rings. The maximum absolute atomic E-state index is 13.4. The molecule has 0 spiro atoms. The number of hydrogen-bond donors (Lipinski definition) is 1. The van der Waals surface area contributed by atoms with Gasteiger partial charge in [-0.3, -0.25) is 10.1 Å². The van der Waals surface area contributed by atoms with E-state index < -0.39 is 10.7 Å². The molecular formula is C12H16FN3O2. The van der Waals surface area contributed by atoms with Crippen LogP contribution in [0.25, 0.3) is 0 Å². The van der Waals surface area contributed by atoms with Gasteiger partial charge in [0, 0.05) is 19.1 Å². The van der Waals surface area contributed by atoms with Gasteiger partial charge in [0.05, 0.1) is 11.0 Å². The van der Waals surface area contributed by atoms with Gasteiger partial charge < -0.3 is 10.6 Å². The fraction of sp³-hybridized carbons (Fsp3) is 0.500. The van der Waals surface area contributed by atoms with E-state index in [9.17, 15) is 14.5 Å². The molecule has 1 aliphatic rings. The van der Waals surface area contributed by atoms with Gasteiger partial charge in [-0.25, -0.2) is 4.39 Å². The molecule has 1 saturated heterocycles. The molecule has 1 atom stereocenters. The molecule has 0 amide bonds. The number of nitro groups is 1. The van der Waals surface area contributed by atoms with E-state index in [4.69, 9.17) is 5.73 Å². The number of aryl methyl sites for hydroxylation is 1. The summed E-state index contributed by atoms with van der Waals surface area (Å²) in [5, 5.41) is 11.0. The molecule has 98 valence electrons. The highest BCUT2D eigenvalue weighted by molar-refractivity contribution is 5.65. The summed E-state index contributed by atoms with van der Waals surface area (Å²) in [4.78, 5) is 12.3. The van der Waals surface area contributed by atoms with Gasteiger partial charge in [0.2, 0.25) is 0 Å². The molecule has 0 aliphatic carbocycles. The van der Waals surface area contributed by atoms with Crippen LogP contribution in [0.4, 0.5) is 15.8 Å². The van der Waals surface area contributed by atoms with Gasteiger partial charge in [-0.05, 0) is 31.4 Å². The largest absolute Gasteiger partial charge is 0.364 e. The van der Waals surface area contributed by atoms with Crippen molar-refractivity contribution in [3.63, 3.8) is 0 Å². The molecule has 0 aromatic heterocycles. The minimum Gasteiger partial charge on any atom is -0.364 e. The van der Waals surface area contributed by atoms with Crippen molar-refractivity contribution in [1.29, 1.82) is 0 Å². The number of hydrogen-bond acceptors (Lipinski definition) is 4. The second-order valence-corrected chi connectivity index (χ2v) is 4.70. The maximum Gasteiger partial charge on any atom is 0.295 e. The Morgan fingerprint density at radius 3 is 2.89 bits per heavy atom. The maximum atomic E-state index is 13.4. The summed E-state index contributed by atoms with van der Waals surface area (Å²) in [6.07, 6.45) is 1.82. The van der Waals surface area contributed by atoms with E-state index in [0.29, 0.717) is 17.8 Å². The van der Waals surface area contributed by atoms with E-state index >= 15 is 0 Å². The van der Waals surface area contributed by atoms with Crippen LogP contribution < -0.4 is 10.6 Å². The first-order valence-corrected chi connectivity index (χ1v) is 5.94. The molecule has 0 bridgehead atoms. The fourth-order valence-corrected chi connectivity index (χ4v) is 2.28. The molecular weight excluding hydrogens is 237 g/mol. The van der Waals surface area contributed by atoms with Crippen molar-refractivity contribution in [2.75, 3.05) is 18.0 Å². The van der Waals surface area contributed by atoms with E-state index in [1.54, 1.807) is 6.92 Å². The van der Waals surface area contributed by atoms with Crippen molar-refractivity contribution < 1.29 is 9.31 Å². The lowest BCUT2D eigenvalue weighted by Crippen LogP contribution is -2.43. The van der Waals surface area contributed by atoms with Crippen molar-refractivity contribution in [3.8, 4) is 0 Å². The average Bonchev–Trinajstić information content (AvgIpc) is 2.31. The number of nitrogens with zero attached hydrogens (tertiary/aromatic N) is 2. The van der Waals surface area contributed by atoms with Crippen LogP contribution in [0, 0.1) is 22.9 Å². The van der Waals surface area contributed by atoms with Crippen molar-refractivity contribution in [2.45, 2.75) is 25.8 Å². The highest BCUT2D eigenvalue weighted by Gasteiger charge is 2.25. The Kier molecular flexibility index (Phi) is 3.47. The van der Waals surface area contributed by atoms with Gasteiger partial charge in [-0.1, -0.05) is 0 Å². The second kappa shape index (κ2) is 4.89. The summed E-state index contributed by atoms with van der Waals surface area (Å²) in [5.74, 6) is -0.549. The van der Waals surface area contributed by atoms with Crippen LogP contribution in [0.5, 0.6) is 0 Å². The van der Waals surface area contributed by atoms with Crippen LogP contribution in [0.2, 0.25) is 0 Å². The van der Waals surface area contributed by atoms with E-state index in [-0.39, 0.29) is 11.7 Å². The predicted molar refractivity (Wildman–Crippen MR) is 67.2 cm³/mol.